The van der Waals surface area contributed by atoms with Gasteiger partial charge in [0.25, 0.3) is 5.60 Å². The highest BCUT2D eigenvalue weighted by Gasteiger charge is 2.62. The summed E-state index contributed by atoms with van der Waals surface area (Å²) >= 11 is 5.69. The summed E-state index contributed by atoms with van der Waals surface area (Å²) < 4.78 is 70.8. The van der Waals surface area contributed by atoms with Gasteiger partial charge in [-0.3, -0.25) is 4.79 Å². The van der Waals surface area contributed by atoms with Crippen molar-refractivity contribution in [2.75, 3.05) is 13.1 Å². The molecule has 10 heteroatoms. The lowest BCUT2D eigenvalue weighted by Crippen LogP contribution is -2.59. The molecule has 1 fully saturated rings. The van der Waals surface area contributed by atoms with Gasteiger partial charge in [0, 0.05) is 17.9 Å². The van der Waals surface area contributed by atoms with Crippen molar-refractivity contribution in [2.24, 2.45) is 11.1 Å². The summed E-state index contributed by atoms with van der Waals surface area (Å²) in [5.41, 5.74) is -4.23. The van der Waals surface area contributed by atoms with Gasteiger partial charge >= 0.3 is 6.18 Å². The minimum absolute atomic E-state index is 0.0115. The first-order chi connectivity index (χ1) is 15.4. The van der Waals surface area contributed by atoms with Gasteiger partial charge in [-0.2, -0.15) is 13.2 Å². The zero-order valence-electron chi connectivity index (χ0n) is 17.7. The van der Waals surface area contributed by atoms with Crippen LogP contribution in [0.3, 0.4) is 0 Å². The Bertz CT molecular complexity index is 1110. The fraction of sp³-hybridized carbons (Fsp3) is 0.391. The SMILES string of the molecule is CC(C)C(=O)N1CC(F)(c2ccc(C3=NOC(c4ccc(F)c(Cl)c4)(C(F)(F)F)C3)cc2)C1. The normalized spacial score (nSPS) is 22.1. The van der Waals surface area contributed by atoms with Crippen LogP contribution in [-0.2, 0) is 20.9 Å². The van der Waals surface area contributed by atoms with Crippen molar-refractivity contribution < 1.29 is 31.6 Å². The van der Waals surface area contributed by atoms with Crippen molar-refractivity contribution >= 4 is 23.2 Å². The number of hydrogen-bond acceptors (Lipinski definition) is 3. The largest absolute Gasteiger partial charge is 0.435 e. The van der Waals surface area contributed by atoms with Gasteiger partial charge in [0.1, 0.15) is 5.82 Å². The van der Waals surface area contributed by atoms with Gasteiger partial charge < -0.3 is 9.74 Å². The number of hydrogen-bond donors (Lipinski definition) is 0. The number of oxime groups is 1. The number of carbonyl (C=O) groups is 1. The first kappa shape index (κ1) is 23.5. The Morgan fingerprint density at radius 3 is 2.27 bits per heavy atom. The Hall–Kier alpha value is -2.68. The van der Waals surface area contributed by atoms with Crippen LogP contribution in [0.25, 0.3) is 0 Å². The minimum atomic E-state index is -4.86. The molecule has 0 bridgehead atoms. The van der Waals surface area contributed by atoms with Crippen molar-refractivity contribution in [3.05, 3.63) is 70.0 Å². The highest BCUT2D eigenvalue weighted by Crippen LogP contribution is 2.49. The van der Waals surface area contributed by atoms with Crippen LogP contribution in [0, 0.1) is 11.7 Å². The van der Waals surface area contributed by atoms with E-state index in [4.69, 9.17) is 16.4 Å². The molecule has 33 heavy (non-hydrogen) atoms. The third-order valence-corrected chi connectivity index (χ3v) is 6.29. The molecular formula is C23H20ClF5N2O2. The van der Waals surface area contributed by atoms with E-state index < -0.39 is 34.7 Å². The molecule has 0 aromatic heterocycles. The van der Waals surface area contributed by atoms with Crippen LogP contribution in [0.4, 0.5) is 22.0 Å². The number of halogens is 6. The summed E-state index contributed by atoms with van der Waals surface area (Å²) in [6.45, 7) is 3.33. The maximum absolute atomic E-state index is 15.2. The average Bonchev–Trinajstić information content (AvgIpc) is 3.20. The Balaban J connectivity index is 1.54. The lowest BCUT2D eigenvalue weighted by Gasteiger charge is -2.45. The summed E-state index contributed by atoms with van der Waals surface area (Å²) in [6.07, 6.45) is -5.52. The predicted octanol–water partition coefficient (Wildman–Crippen LogP) is 5.72. The maximum atomic E-state index is 15.2. The van der Waals surface area contributed by atoms with Gasteiger partial charge in [0.05, 0.1) is 23.8 Å². The van der Waals surface area contributed by atoms with Crippen LogP contribution in [0.2, 0.25) is 5.02 Å². The first-order valence-corrected chi connectivity index (χ1v) is 10.6. The van der Waals surface area contributed by atoms with Gasteiger partial charge in [0.15, 0.2) is 5.67 Å². The summed E-state index contributed by atoms with van der Waals surface area (Å²) in [5, 5.41) is 3.19. The molecule has 1 unspecified atom stereocenters. The van der Waals surface area contributed by atoms with Gasteiger partial charge in [-0.1, -0.05) is 60.9 Å². The van der Waals surface area contributed by atoms with Crippen LogP contribution in [-0.4, -0.2) is 35.8 Å². The Kier molecular flexibility index (Phi) is 5.67. The van der Waals surface area contributed by atoms with Crippen molar-refractivity contribution in [1.29, 1.82) is 0 Å². The molecule has 2 aromatic rings. The molecule has 2 aromatic carbocycles. The van der Waals surface area contributed by atoms with Gasteiger partial charge in [-0.05, 0) is 23.3 Å². The van der Waals surface area contributed by atoms with E-state index in [0.29, 0.717) is 11.1 Å². The quantitative estimate of drug-likeness (QED) is 0.518. The van der Waals surface area contributed by atoms with Gasteiger partial charge in [-0.15, -0.1) is 0 Å². The molecule has 0 saturated carbocycles. The smallest absolute Gasteiger partial charge is 0.374 e. The molecule has 4 rings (SSSR count). The molecule has 1 amide bonds. The summed E-state index contributed by atoms with van der Waals surface area (Å²) in [7, 11) is 0. The summed E-state index contributed by atoms with van der Waals surface area (Å²) in [5.74, 6) is -1.22. The highest BCUT2D eigenvalue weighted by molar-refractivity contribution is 6.30. The molecule has 2 heterocycles. The van der Waals surface area contributed by atoms with Crippen molar-refractivity contribution in [3.63, 3.8) is 0 Å². The number of amides is 1. The van der Waals surface area contributed by atoms with E-state index in [1.165, 1.54) is 29.2 Å². The minimum Gasteiger partial charge on any atom is -0.374 e. The average molecular weight is 487 g/mol. The number of nitrogens with zero attached hydrogens (tertiary/aromatic N) is 2. The number of alkyl halides is 4. The maximum Gasteiger partial charge on any atom is 0.435 e. The molecule has 176 valence electrons. The number of rotatable bonds is 4. The van der Waals surface area contributed by atoms with Crippen molar-refractivity contribution in [2.45, 2.75) is 37.7 Å². The second-order valence-electron chi connectivity index (χ2n) is 8.65. The second kappa shape index (κ2) is 7.97. The van der Waals surface area contributed by atoms with E-state index in [1.54, 1.807) is 13.8 Å². The fourth-order valence-electron chi connectivity index (χ4n) is 4.03. The highest BCUT2D eigenvalue weighted by atomic mass is 35.5. The first-order valence-electron chi connectivity index (χ1n) is 10.2. The van der Waals surface area contributed by atoms with Crippen LogP contribution in [0.5, 0.6) is 0 Å². The molecule has 0 N–H and O–H groups in total. The molecule has 0 spiro atoms. The molecular weight excluding hydrogens is 467 g/mol. The Morgan fingerprint density at radius 2 is 1.73 bits per heavy atom. The third kappa shape index (κ3) is 3.96. The van der Waals surface area contributed by atoms with Crippen LogP contribution < -0.4 is 0 Å². The monoisotopic (exact) mass is 486 g/mol. The number of carbonyl (C=O) groups excluding carboxylic acids is 1. The van der Waals surface area contributed by atoms with Crippen LogP contribution >= 0.6 is 11.6 Å². The molecule has 2 aliphatic heterocycles. The van der Waals surface area contributed by atoms with Gasteiger partial charge in [0.2, 0.25) is 5.91 Å². The van der Waals surface area contributed by atoms with Crippen LogP contribution in [0.1, 0.15) is 37.0 Å². The lowest BCUT2D eigenvalue weighted by atomic mass is 9.84. The van der Waals surface area contributed by atoms with E-state index >= 15 is 4.39 Å². The summed E-state index contributed by atoms with van der Waals surface area (Å²) in [6, 6.07) is 8.55. The lowest BCUT2D eigenvalue weighted by molar-refractivity contribution is -0.275. The fourth-order valence-corrected chi connectivity index (χ4v) is 4.21. The zero-order chi connectivity index (χ0) is 24.2. The van der Waals surface area contributed by atoms with E-state index in [0.717, 1.165) is 18.2 Å². The van der Waals surface area contributed by atoms with E-state index in [1.807, 2.05) is 0 Å². The zero-order valence-corrected chi connectivity index (χ0v) is 18.5. The summed E-state index contributed by atoms with van der Waals surface area (Å²) in [4.78, 5) is 18.3. The molecule has 0 aliphatic carbocycles. The molecule has 1 saturated heterocycles. The molecule has 1 atom stereocenters. The topological polar surface area (TPSA) is 41.9 Å². The van der Waals surface area contributed by atoms with Crippen molar-refractivity contribution in [3.8, 4) is 0 Å². The number of likely N-dealkylation sites (tertiary alicyclic amines) is 1. The van der Waals surface area contributed by atoms with Crippen LogP contribution in [0.15, 0.2) is 47.6 Å². The van der Waals surface area contributed by atoms with E-state index in [-0.39, 0.29) is 36.2 Å². The Labute approximate surface area is 192 Å². The molecule has 0 radical (unpaired) electrons. The van der Waals surface area contributed by atoms with Crippen molar-refractivity contribution in [1.82, 2.24) is 4.90 Å². The van der Waals surface area contributed by atoms with Gasteiger partial charge in [-0.25, -0.2) is 8.78 Å². The Morgan fingerprint density at radius 1 is 1.12 bits per heavy atom. The molecule has 2 aliphatic rings. The van der Waals surface area contributed by atoms with E-state index in [2.05, 4.69) is 5.16 Å². The standard InChI is InChI=1S/C23H20ClF5N2O2/c1-13(2)20(32)31-11-21(26,12-31)15-5-3-14(4-6-15)19-10-22(33-30-19,23(27,28)29)16-7-8-18(25)17(24)9-16/h3-9,13H,10-12H2,1-2H3. The molecule has 4 nitrogen and oxygen atoms in total. The van der Waals surface area contributed by atoms with E-state index in [9.17, 15) is 22.4 Å². The number of benzene rings is 2. The second-order valence-corrected chi connectivity index (χ2v) is 9.06. The third-order valence-electron chi connectivity index (χ3n) is 6.00. The predicted molar refractivity (Wildman–Crippen MR) is 112 cm³/mol.